The molecule has 0 spiro atoms. The Morgan fingerprint density at radius 2 is 1.72 bits per heavy atom. The highest BCUT2D eigenvalue weighted by Crippen LogP contribution is 2.26. The van der Waals surface area contributed by atoms with Gasteiger partial charge >= 0.3 is 0 Å². The number of hydrogen-bond acceptors (Lipinski definition) is 1. The molecule has 3 rings (SSSR count). The summed E-state index contributed by atoms with van der Waals surface area (Å²) in [5, 5.41) is 1.66. The molecule has 0 aliphatic carbocycles. The van der Waals surface area contributed by atoms with Gasteiger partial charge in [-0.15, -0.1) is 0 Å². The molecule has 0 aliphatic heterocycles. The fraction of sp³-hybridized carbons (Fsp3) is 0. The molecule has 88 valence electrons. The molecule has 0 radical (unpaired) electrons. The van der Waals surface area contributed by atoms with Crippen LogP contribution < -0.4 is 0 Å². The van der Waals surface area contributed by atoms with Crippen molar-refractivity contribution >= 4 is 28.8 Å². The van der Waals surface area contributed by atoms with Crippen LogP contribution in [0, 0.1) is 0 Å². The molecule has 1 N–H and O–H groups in total. The standard InChI is InChI=1S/C15H10ClNO/c16-13-4-1-10(2-5-13)11-3-6-15-14(7-11)12(9-18)8-17-15/h1-9,17H. The van der Waals surface area contributed by atoms with Gasteiger partial charge in [0.05, 0.1) is 0 Å². The highest BCUT2D eigenvalue weighted by molar-refractivity contribution is 6.30. The fourth-order valence-electron chi connectivity index (χ4n) is 2.06. The quantitative estimate of drug-likeness (QED) is 0.681. The number of benzene rings is 2. The monoisotopic (exact) mass is 255 g/mol. The molecule has 1 heterocycles. The lowest BCUT2D eigenvalue weighted by molar-refractivity contribution is 0.112. The number of rotatable bonds is 2. The zero-order valence-corrected chi connectivity index (χ0v) is 10.2. The molecule has 0 aliphatic rings. The predicted octanol–water partition coefficient (Wildman–Crippen LogP) is 4.30. The van der Waals surface area contributed by atoms with Crippen molar-refractivity contribution in [3.63, 3.8) is 0 Å². The Hall–Kier alpha value is -2.06. The molecule has 0 amide bonds. The van der Waals surface area contributed by atoms with Gasteiger partial charge in [-0.25, -0.2) is 0 Å². The van der Waals surface area contributed by atoms with Gasteiger partial charge in [0.25, 0.3) is 0 Å². The Morgan fingerprint density at radius 3 is 2.44 bits per heavy atom. The number of aromatic amines is 1. The van der Waals surface area contributed by atoms with Gasteiger partial charge in [0.1, 0.15) is 0 Å². The minimum absolute atomic E-state index is 0.681. The van der Waals surface area contributed by atoms with Crippen LogP contribution in [0.4, 0.5) is 0 Å². The number of H-pyrrole nitrogens is 1. The maximum Gasteiger partial charge on any atom is 0.152 e. The largest absolute Gasteiger partial charge is 0.360 e. The summed E-state index contributed by atoms with van der Waals surface area (Å²) in [6.45, 7) is 0. The Bertz CT molecular complexity index is 713. The Kier molecular flexibility index (Phi) is 2.65. The highest BCUT2D eigenvalue weighted by Gasteiger charge is 2.05. The van der Waals surface area contributed by atoms with Crippen LogP contribution in [-0.4, -0.2) is 11.3 Å². The maximum atomic E-state index is 10.9. The number of nitrogens with one attached hydrogen (secondary N) is 1. The van der Waals surface area contributed by atoms with E-state index < -0.39 is 0 Å². The second kappa shape index (κ2) is 4.31. The second-order valence-electron chi connectivity index (χ2n) is 4.13. The number of fused-ring (bicyclic) bond motifs is 1. The first kappa shape index (κ1) is 11.1. The van der Waals surface area contributed by atoms with E-state index in [1.165, 1.54) is 0 Å². The van der Waals surface area contributed by atoms with Crippen LogP contribution in [0.1, 0.15) is 10.4 Å². The minimum Gasteiger partial charge on any atom is -0.360 e. The van der Waals surface area contributed by atoms with Crippen LogP contribution in [0.2, 0.25) is 5.02 Å². The van der Waals surface area contributed by atoms with Gasteiger partial charge in [0, 0.05) is 27.7 Å². The lowest BCUT2D eigenvalue weighted by Crippen LogP contribution is -1.79. The molecule has 0 unspecified atom stereocenters. The molecular weight excluding hydrogens is 246 g/mol. The lowest BCUT2D eigenvalue weighted by atomic mass is 10.0. The van der Waals surface area contributed by atoms with Crippen molar-refractivity contribution in [3.05, 3.63) is 59.2 Å². The van der Waals surface area contributed by atoms with E-state index in [4.69, 9.17) is 11.6 Å². The maximum absolute atomic E-state index is 10.9. The van der Waals surface area contributed by atoms with Crippen molar-refractivity contribution in [2.75, 3.05) is 0 Å². The summed E-state index contributed by atoms with van der Waals surface area (Å²) < 4.78 is 0. The van der Waals surface area contributed by atoms with Crippen LogP contribution in [0.15, 0.2) is 48.7 Å². The van der Waals surface area contributed by atoms with E-state index in [9.17, 15) is 4.79 Å². The van der Waals surface area contributed by atoms with E-state index in [2.05, 4.69) is 4.98 Å². The number of carbonyl (C=O) groups excluding carboxylic acids is 1. The van der Waals surface area contributed by atoms with Crippen LogP contribution in [0.3, 0.4) is 0 Å². The number of carbonyl (C=O) groups is 1. The van der Waals surface area contributed by atoms with Gasteiger partial charge in [-0.3, -0.25) is 4.79 Å². The van der Waals surface area contributed by atoms with Crippen LogP contribution in [0.5, 0.6) is 0 Å². The molecule has 3 heteroatoms. The average Bonchev–Trinajstić information content (AvgIpc) is 2.81. The van der Waals surface area contributed by atoms with E-state index >= 15 is 0 Å². The number of aldehydes is 1. The summed E-state index contributed by atoms with van der Waals surface area (Å²) in [7, 11) is 0. The van der Waals surface area contributed by atoms with Crippen molar-refractivity contribution in [2.24, 2.45) is 0 Å². The third kappa shape index (κ3) is 1.81. The summed E-state index contributed by atoms with van der Waals surface area (Å²) >= 11 is 5.87. The van der Waals surface area contributed by atoms with Gasteiger partial charge in [-0.2, -0.15) is 0 Å². The molecule has 3 aromatic rings. The van der Waals surface area contributed by atoms with E-state index in [0.717, 1.165) is 33.3 Å². The zero-order chi connectivity index (χ0) is 12.5. The molecule has 0 bridgehead atoms. The molecule has 1 aromatic heterocycles. The average molecular weight is 256 g/mol. The number of aromatic nitrogens is 1. The Morgan fingerprint density at radius 1 is 1.00 bits per heavy atom. The van der Waals surface area contributed by atoms with Crippen molar-refractivity contribution in [1.82, 2.24) is 4.98 Å². The summed E-state index contributed by atoms with van der Waals surface area (Å²) in [4.78, 5) is 14.0. The first-order valence-corrected chi connectivity index (χ1v) is 5.98. The van der Waals surface area contributed by atoms with Gasteiger partial charge in [-0.05, 0) is 35.4 Å². The van der Waals surface area contributed by atoms with Gasteiger partial charge < -0.3 is 4.98 Å². The van der Waals surface area contributed by atoms with Gasteiger partial charge in [-0.1, -0.05) is 29.8 Å². The zero-order valence-electron chi connectivity index (χ0n) is 9.48. The van der Waals surface area contributed by atoms with E-state index in [1.807, 2.05) is 42.5 Å². The van der Waals surface area contributed by atoms with Gasteiger partial charge in [0.15, 0.2) is 6.29 Å². The molecule has 2 aromatic carbocycles. The fourth-order valence-corrected chi connectivity index (χ4v) is 2.19. The predicted molar refractivity (Wildman–Crippen MR) is 74.1 cm³/mol. The number of hydrogen-bond donors (Lipinski definition) is 1. The number of halogens is 1. The highest BCUT2D eigenvalue weighted by atomic mass is 35.5. The van der Waals surface area contributed by atoms with E-state index in [0.29, 0.717) is 5.56 Å². The lowest BCUT2D eigenvalue weighted by Gasteiger charge is -2.02. The first-order valence-electron chi connectivity index (χ1n) is 5.60. The molecule has 0 saturated carbocycles. The molecule has 0 atom stereocenters. The van der Waals surface area contributed by atoms with Crippen molar-refractivity contribution in [1.29, 1.82) is 0 Å². The molecule has 18 heavy (non-hydrogen) atoms. The summed E-state index contributed by atoms with van der Waals surface area (Å²) in [5.41, 5.74) is 3.80. The van der Waals surface area contributed by atoms with E-state index in [1.54, 1.807) is 6.20 Å². The summed E-state index contributed by atoms with van der Waals surface area (Å²) in [5.74, 6) is 0. The molecular formula is C15H10ClNO. The normalized spacial score (nSPS) is 10.7. The topological polar surface area (TPSA) is 32.9 Å². The molecule has 2 nitrogen and oxygen atoms in total. The summed E-state index contributed by atoms with van der Waals surface area (Å²) in [6, 6.07) is 13.7. The molecule has 0 saturated heterocycles. The van der Waals surface area contributed by atoms with Gasteiger partial charge in [0.2, 0.25) is 0 Å². The van der Waals surface area contributed by atoms with Crippen LogP contribution >= 0.6 is 11.6 Å². The second-order valence-corrected chi connectivity index (χ2v) is 4.57. The van der Waals surface area contributed by atoms with Crippen LogP contribution in [-0.2, 0) is 0 Å². The van der Waals surface area contributed by atoms with Crippen LogP contribution in [0.25, 0.3) is 22.0 Å². The van der Waals surface area contributed by atoms with E-state index in [-0.39, 0.29) is 0 Å². The van der Waals surface area contributed by atoms with Crippen molar-refractivity contribution in [2.45, 2.75) is 0 Å². The Balaban J connectivity index is 2.17. The first-order chi connectivity index (χ1) is 8.78. The summed E-state index contributed by atoms with van der Waals surface area (Å²) in [6.07, 6.45) is 2.59. The van der Waals surface area contributed by atoms with Crippen molar-refractivity contribution < 1.29 is 4.79 Å². The molecule has 0 fully saturated rings. The minimum atomic E-state index is 0.681. The third-order valence-corrected chi connectivity index (χ3v) is 3.27. The third-order valence-electron chi connectivity index (χ3n) is 3.02. The van der Waals surface area contributed by atoms with Crippen molar-refractivity contribution in [3.8, 4) is 11.1 Å². The smallest absolute Gasteiger partial charge is 0.152 e. The Labute approximate surface area is 109 Å². The SMILES string of the molecule is O=Cc1c[nH]c2ccc(-c3ccc(Cl)cc3)cc12.